The van der Waals surface area contributed by atoms with Crippen molar-refractivity contribution in [2.75, 3.05) is 6.61 Å². The van der Waals surface area contributed by atoms with Crippen molar-refractivity contribution < 1.29 is 14.4 Å². The standard InChI is InChI=1S/C10H13NO4/c1-4-14-11-7(3)9-8(12)5-6(2)15-10(9)13/h5,12H,4H2,1-3H3. The molecular formula is C10H13NO4. The molecule has 0 aromatic carbocycles. The fourth-order valence-corrected chi connectivity index (χ4v) is 1.14. The fraction of sp³-hybridized carbons (Fsp3) is 0.400. The summed E-state index contributed by atoms with van der Waals surface area (Å²) < 4.78 is 4.84. The SMILES string of the molecule is CCON=C(C)c1c(O)cc(C)oc1=O. The zero-order valence-corrected chi connectivity index (χ0v) is 8.90. The summed E-state index contributed by atoms with van der Waals surface area (Å²) in [4.78, 5) is 16.2. The Labute approximate surface area is 87.0 Å². The molecule has 5 nitrogen and oxygen atoms in total. The van der Waals surface area contributed by atoms with Crippen molar-refractivity contribution in [1.82, 2.24) is 0 Å². The molecule has 1 rings (SSSR count). The molecule has 0 bridgehead atoms. The van der Waals surface area contributed by atoms with Gasteiger partial charge in [-0.3, -0.25) is 0 Å². The first-order valence-corrected chi connectivity index (χ1v) is 4.57. The predicted molar refractivity (Wildman–Crippen MR) is 55.2 cm³/mol. The molecule has 0 aliphatic heterocycles. The van der Waals surface area contributed by atoms with Crippen molar-refractivity contribution in [3.63, 3.8) is 0 Å². The van der Waals surface area contributed by atoms with Crippen LogP contribution in [0.5, 0.6) is 5.75 Å². The van der Waals surface area contributed by atoms with Gasteiger partial charge >= 0.3 is 5.63 Å². The van der Waals surface area contributed by atoms with Crippen LogP contribution in [0, 0.1) is 6.92 Å². The lowest BCUT2D eigenvalue weighted by Crippen LogP contribution is -2.13. The topological polar surface area (TPSA) is 72.0 Å². The Morgan fingerprint density at radius 3 is 2.87 bits per heavy atom. The molecule has 1 aromatic rings. The van der Waals surface area contributed by atoms with Crippen LogP contribution < -0.4 is 5.63 Å². The molecule has 0 aliphatic rings. The summed E-state index contributed by atoms with van der Waals surface area (Å²) in [5.41, 5.74) is -0.286. The van der Waals surface area contributed by atoms with E-state index in [1.807, 2.05) is 0 Å². The van der Waals surface area contributed by atoms with Crippen LogP contribution in [0.15, 0.2) is 20.4 Å². The van der Waals surface area contributed by atoms with Crippen LogP contribution in [-0.4, -0.2) is 17.4 Å². The number of nitrogens with zero attached hydrogens (tertiary/aromatic N) is 1. The number of rotatable bonds is 3. The van der Waals surface area contributed by atoms with Gasteiger partial charge in [0.25, 0.3) is 0 Å². The predicted octanol–water partition coefficient (Wildman–Crippen LogP) is 1.41. The number of aromatic hydroxyl groups is 1. The second kappa shape index (κ2) is 4.63. The van der Waals surface area contributed by atoms with E-state index in [-0.39, 0.29) is 11.3 Å². The zero-order chi connectivity index (χ0) is 11.4. The lowest BCUT2D eigenvalue weighted by Gasteiger charge is -2.02. The third-order valence-electron chi connectivity index (χ3n) is 1.75. The van der Waals surface area contributed by atoms with Gasteiger partial charge in [-0.05, 0) is 20.8 Å². The maximum atomic E-state index is 11.4. The maximum Gasteiger partial charge on any atom is 0.348 e. The highest BCUT2D eigenvalue weighted by Crippen LogP contribution is 2.15. The third-order valence-corrected chi connectivity index (χ3v) is 1.75. The van der Waals surface area contributed by atoms with E-state index in [1.165, 1.54) is 6.07 Å². The Kier molecular flexibility index (Phi) is 3.49. The minimum atomic E-state index is -0.617. The Bertz CT molecular complexity index is 434. The molecule has 0 saturated carbocycles. The van der Waals surface area contributed by atoms with Crippen LogP contribution in [-0.2, 0) is 4.84 Å². The molecule has 0 radical (unpaired) electrons. The molecular weight excluding hydrogens is 198 g/mol. The Balaban J connectivity index is 3.20. The molecule has 5 heteroatoms. The number of hydrogen-bond acceptors (Lipinski definition) is 5. The minimum Gasteiger partial charge on any atom is -0.507 e. The van der Waals surface area contributed by atoms with Gasteiger partial charge in [0.05, 0.1) is 5.71 Å². The van der Waals surface area contributed by atoms with Crippen LogP contribution in [0.4, 0.5) is 0 Å². The van der Waals surface area contributed by atoms with Gasteiger partial charge in [0.1, 0.15) is 23.7 Å². The van der Waals surface area contributed by atoms with Gasteiger partial charge in [-0.1, -0.05) is 5.16 Å². The second-order valence-corrected chi connectivity index (χ2v) is 3.00. The van der Waals surface area contributed by atoms with Gasteiger partial charge in [0.15, 0.2) is 0 Å². The number of aryl methyl sites for hydroxylation is 1. The number of oxime groups is 1. The van der Waals surface area contributed by atoms with Crippen molar-refractivity contribution in [3.8, 4) is 5.75 Å². The number of hydrogen-bond donors (Lipinski definition) is 1. The molecule has 0 atom stereocenters. The van der Waals surface area contributed by atoms with Crippen molar-refractivity contribution >= 4 is 5.71 Å². The fourth-order valence-electron chi connectivity index (χ4n) is 1.14. The highest BCUT2D eigenvalue weighted by Gasteiger charge is 2.13. The summed E-state index contributed by atoms with van der Waals surface area (Å²) in [5, 5.41) is 13.2. The minimum absolute atomic E-state index is 0.0362. The van der Waals surface area contributed by atoms with E-state index >= 15 is 0 Å². The van der Waals surface area contributed by atoms with Crippen molar-refractivity contribution in [2.24, 2.45) is 5.16 Å². The summed E-state index contributed by atoms with van der Waals surface area (Å²) >= 11 is 0. The first kappa shape index (κ1) is 11.3. The quantitative estimate of drug-likeness (QED) is 0.606. The van der Waals surface area contributed by atoms with Crippen molar-refractivity contribution in [1.29, 1.82) is 0 Å². The highest BCUT2D eigenvalue weighted by molar-refractivity contribution is 6.00. The van der Waals surface area contributed by atoms with E-state index in [1.54, 1.807) is 20.8 Å². The normalized spacial score (nSPS) is 11.5. The molecule has 1 N–H and O–H groups in total. The van der Waals surface area contributed by atoms with Gasteiger partial charge in [-0.15, -0.1) is 0 Å². The highest BCUT2D eigenvalue weighted by atomic mass is 16.6. The average molecular weight is 211 g/mol. The molecule has 0 unspecified atom stereocenters. The molecule has 0 amide bonds. The van der Waals surface area contributed by atoms with Crippen LogP contribution in [0.2, 0.25) is 0 Å². The van der Waals surface area contributed by atoms with Gasteiger partial charge < -0.3 is 14.4 Å². The zero-order valence-electron chi connectivity index (χ0n) is 8.90. The summed E-state index contributed by atoms with van der Waals surface area (Å²) in [5.74, 6) is 0.204. The van der Waals surface area contributed by atoms with Crippen LogP contribution in [0.1, 0.15) is 25.2 Å². The first-order chi connectivity index (χ1) is 7.06. The average Bonchev–Trinajstić information content (AvgIpc) is 2.12. The molecule has 0 spiro atoms. The summed E-state index contributed by atoms with van der Waals surface area (Å²) in [6.45, 7) is 5.32. The van der Waals surface area contributed by atoms with E-state index in [9.17, 15) is 9.90 Å². The van der Waals surface area contributed by atoms with E-state index in [0.29, 0.717) is 18.1 Å². The first-order valence-electron chi connectivity index (χ1n) is 4.57. The maximum absolute atomic E-state index is 11.4. The van der Waals surface area contributed by atoms with Crippen molar-refractivity contribution in [3.05, 3.63) is 27.8 Å². The molecule has 0 fully saturated rings. The third kappa shape index (κ3) is 2.59. The lowest BCUT2D eigenvalue weighted by molar-refractivity contribution is 0.158. The molecule has 82 valence electrons. The summed E-state index contributed by atoms with van der Waals surface area (Å²) in [6, 6.07) is 1.36. The van der Waals surface area contributed by atoms with Gasteiger partial charge in [0.2, 0.25) is 0 Å². The van der Waals surface area contributed by atoms with E-state index in [2.05, 4.69) is 5.16 Å². The monoisotopic (exact) mass is 211 g/mol. The lowest BCUT2D eigenvalue weighted by atomic mass is 10.2. The Morgan fingerprint density at radius 2 is 2.33 bits per heavy atom. The summed E-state index contributed by atoms with van der Waals surface area (Å²) in [6.07, 6.45) is 0. The molecule has 15 heavy (non-hydrogen) atoms. The van der Waals surface area contributed by atoms with E-state index in [0.717, 1.165) is 0 Å². The Hall–Kier alpha value is -1.78. The summed E-state index contributed by atoms with van der Waals surface area (Å²) in [7, 11) is 0. The van der Waals surface area contributed by atoms with E-state index in [4.69, 9.17) is 9.25 Å². The van der Waals surface area contributed by atoms with Gasteiger partial charge in [-0.2, -0.15) is 0 Å². The molecule has 0 saturated heterocycles. The van der Waals surface area contributed by atoms with Crippen LogP contribution in [0.25, 0.3) is 0 Å². The van der Waals surface area contributed by atoms with Gasteiger partial charge in [0, 0.05) is 6.07 Å². The van der Waals surface area contributed by atoms with Crippen molar-refractivity contribution in [2.45, 2.75) is 20.8 Å². The second-order valence-electron chi connectivity index (χ2n) is 3.00. The van der Waals surface area contributed by atoms with E-state index < -0.39 is 5.63 Å². The van der Waals surface area contributed by atoms with Gasteiger partial charge in [-0.25, -0.2) is 4.79 Å². The molecule has 1 aromatic heterocycles. The molecule has 0 aliphatic carbocycles. The Morgan fingerprint density at radius 1 is 1.67 bits per heavy atom. The largest absolute Gasteiger partial charge is 0.507 e. The molecule has 1 heterocycles. The van der Waals surface area contributed by atoms with Crippen LogP contribution >= 0.6 is 0 Å². The smallest absolute Gasteiger partial charge is 0.348 e. The van der Waals surface area contributed by atoms with Crippen LogP contribution in [0.3, 0.4) is 0 Å².